The molecule has 5 aliphatic rings. The molecule has 1 aromatic rings. The van der Waals surface area contributed by atoms with E-state index in [9.17, 15) is 13.2 Å². The summed E-state index contributed by atoms with van der Waals surface area (Å²) in [5.41, 5.74) is 0.480. The van der Waals surface area contributed by atoms with Crippen LogP contribution in [0.25, 0.3) is 0 Å². The fourth-order valence-electron chi connectivity index (χ4n) is 8.69. The number of nitrogens with zero attached hydrogens (tertiary/aromatic N) is 2. The number of carbonyl (C=O) groups excluding carboxylic acids is 1. The molecule has 32 heavy (non-hydrogen) atoms. The first-order valence-corrected chi connectivity index (χ1v) is 14.1. The van der Waals surface area contributed by atoms with Gasteiger partial charge < -0.3 is 0 Å². The Bertz CT molecular complexity index is 1050. The van der Waals surface area contributed by atoms with Gasteiger partial charge in [-0.2, -0.15) is 0 Å². The molecule has 1 aromatic carbocycles. The number of carbonyl (C=O) groups is 1. The Balaban J connectivity index is 1.34. The zero-order valence-corrected chi connectivity index (χ0v) is 20.4. The molecule has 6 heteroatoms. The summed E-state index contributed by atoms with van der Waals surface area (Å²) in [4.78, 5) is 16.7. The van der Waals surface area contributed by atoms with Gasteiger partial charge in [0.15, 0.2) is 0 Å². The number of hydrogen-bond acceptors (Lipinski definition) is 4. The van der Waals surface area contributed by atoms with Crippen LogP contribution in [0, 0.1) is 28.1 Å². The van der Waals surface area contributed by atoms with Gasteiger partial charge in [0, 0.05) is 24.5 Å². The van der Waals surface area contributed by atoms with Gasteiger partial charge in [0.2, 0.25) is 15.9 Å². The molecule has 0 radical (unpaired) electrons. The van der Waals surface area contributed by atoms with Crippen LogP contribution < -0.4 is 0 Å². The second kappa shape index (κ2) is 6.59. The van der Waals surface area contributed by atoms with Crippen molar-refractivity contribution in [3.63, 3.8) is 0 Å². The molecule has 0 unspecified atom stereocenters. The third kappa shape index (κ3) is 2.49. The van der Waals surface area contributed by atoms with Crippen molar-refractivity contribution in [2.45, 2.75) is 71.4 Å². The number of rotatable bonds is 3. The van der Waals surface area contributed by atoms with Crippen LogP contribution in [0.2, 0.25) is 0 Å². The number of fused-ring (bicyclic) bond motifs is 2. The van der Waals surface area contributed by atoms with Gasteiger partial charge in [0.25, 0.3) is 0 Å². The quantitative estimate of drug-likeness (QED) is 0.683. The van der Waals surface area contributed by atoms with Crippen molar-refractivity contribution in [1.82, 2.24) is 9.21 Å². The van der Waals surface area contributed by atoms with Crippen LogP contribution in [-0.2, 0) is 14.8 Å². The molecule has 2 aliphatic heterocycles. The maximum Gasteiger partial charge on any atom is 0.244 e. The lowest BCUT2D eigenvalue weighted by atomic mass is 9.68. The third-order valence-electron chi connectivity index (χ3n) is 10.8. The highest BCUT2D eigenvalue weighted by Gasteiger charge is 2.73. The lowest BCUT2D eigenvalue weighted by molar-refractivity contribution is -0.140. The second-order valence-corrected chi connectivity index (χ2v) is 13.8. The molecule has 0 aromatic heterocycles. The molecule has 2 saturated heterocycles. The van der Waals surface area contributed by atoms with Crippen molar-refractivity contribution in [2.75, 3.05) is 18.8 Å². The highest BCUT2D eigenvalue weighted by atomic mass is 32.2. The summed E-state index contributed by atoms with van der Waals surface area (Å²) in [5, 5.41) is 0. The summed E-state index contributed by atoms with van der Waals surface area (Å²) in [6.07, 6.45) is 5.81. The van der Waals surface area contributed by atoms with Gasteiger partial charge >= 0.3 is 0 Å². The van der Waals surface area contributed by atoms with Crippen LogP contribution in [0.15, 0.2) is 30.3 Å². The Morgan fingerprint density at radius 2 is 1.84 bits per heavy atom. The molecule has 2 bridgehead atoms. The normalized spacial score (nSPS) is 42.2. The van der Waals surface area contributed by atoms with Crippen molar-refractivity contribution in [1.29, 1.82) is 0 Å². The van der Waals surface area contributed by atoms with Gasteiger partial charge in [-0.15, -0.1) is 0 Å². The first-order valence-electron chi connectivity index (χ1n) is 12.5. The van der Waals surface area contributed by atoms with Gasteiger partial charge in [-0.1, -0.05) is 50.6 Å². The first kappa shape index (κ1) is 21.2. The standard InChI is InChI=1S/C26H36N2O3S/c1-18(19-8-5-4-6-9-19)27-15-21-10-7-12-25(21,16-27)23(29)28-22-14-20-11-13-26(22,24(20,2)3)17-32(28,30)31/h4-6,8-9,18,20-22H,7,10-17H2,1-3H3/t18-,20-,21+,22-,25+,26-/m1/s1. The van der Waals surface area contributed by atoms with Crippen molar-refractivity contribution in [3.8, 4) is 0 Å². The van der Waals surface area contributed by atoms with E-state index in [4.69, 9.17) is 0 Å². The van der Waals surface area contributed by atoms with E-state index < -0.39 is 15.4 Å². The molecule has 6 atom stereocenters. The highest BCUT2D eigenvalue weighted by molar-refractivity contribution is 7.90. The molecule has 174 valence electrons. The predicted octanol–water partition coefficient (Wildman–Crippen LogP) is 4.22. The van der Waals surface area contributed by atoms with E-state index in [0.29, 0.717) is 12.5 Å². The Hall–Kier alpha value is -1.40. The van der Waals surface area contributed by atoms with E-state index in [0.717, 1.165) is 45.1 Å². The fraction of sp³-hybridized carbons (Fsp3) is 0.731. The second-order valence-electron chi connectivity index (χ2n) is 12.0. The Labute approximate surface area is 192 Å². The minimum atomic E-state index is -3.57. The van der Waals surface area contributed by atoms with Gasteiger partial charge in [0.05, 0.1) is 17.2 Å². The molecule has 5 nitrogen and oxygen atoms in total. The lowest BCUT2D eigenvalue weighted by Gasteiger charge is -2.39. The van der Waals surface area contributed by atoms with E-state index in [1.54, 1.807) is 0 Å². The minimum Gasteiger partial charge on any atom is -0.295 e. The number of likely N-dealkylation sites (tertiary alicyclic amines) is 1. The summed E-state index contributed by atoms with van der Waals surface area (Å²) in [5.74, 6) is 0.908. The topological polar surface area (TPSA) is 57.7 Å². The fourth-order valence-corrected chi connectivity index (χ4v) is 11.3. The molecule has 1 spiro atoms. The van der Waals surface area contributed by atoms with Crippen molar-refractivity contribution in [3.05, 3.63) is 35.9 Å². The number of hydrogen-bond donors (Lipinski definition) is 0. The molecular weight excluding hydrogens is 420 g/mol. The minimum absolute atomic E-state index is 0.00392. The summed E-state index contributed by atoms with van der Waals surface area (Å²) in [6, 6.07) is 10.6. The van der Waals surface area contributed by atoms with E-state index in [2.05, 4.69) is 49.9 Å². The molecule has 3 saturated carbocycles. The lowest BCUT2D eigenvalue weighted by Crippen LogP contribution is -2.52. The van der Waals surface area contributed by atoms with Crippen LogP contribution in [0.1, 0.15) is 70.9 Å². The first-order chi connectivity index (χ1) is 15.1. The number of benzene rings is 1. The van der Waals surface area contributed by atoms with E-state index >= 15 is 0 Å². The SMILES string of the molecule is C[C@H](c1ccccc1)N1C[C@@H]2CCC[C@]2(C(=O)N2[C@@H]3C[C@H]4CC[C@]3(CS2(=O)=O)C4(C)C)C1. The Morgan fingerprint density at radius 1 is 1.09 bits per heavy atom. The van der Waals surface area contributed by atoms with Crippen LogP contribution in [0.5, 0.6) is 0 Å². The Kier molecular flexibility index (Phi) is 4.36. The van der Waals surface area contributed by atoms with Gasteiger partial charge in [-0.25, -0.2) is 12.7 Å². The smallest absolute Gasteiger partial charge is 0.244 e. The van der Waals surface area contributed by atoms with Gasteiger partial charge in [0.1, 0.15) is 0 Å². The largest absolute Gasteiger partial charge is 0.295 e. The maximum absolute atomic E-state index is 14.3. The molecule has 2 heterocycles. The van der Waals surface area contributed by atoms with E-state index in [-0.39, 0.29) is 40.5 Å². The Morgan fingerprint density at radius 3 is 2.56 bits per heavy atom. The van der Waals surface area contributed by atoms with Crippen LogP contribution in [-0.4, -0.2) is 48.4 Å². The number of amides is 1. The van der Waals surface area contributed by atoms with Crippen molar-refractivity contribution >= 4 is 15.9 Å². The zero-order valence-electron chi connectivity index (χ0n) is 19.6. The number of sulfonamides is 1. The highest BCUT2D eigenvalue weighted by Crippen LogP contribution is 2.70. The molecule has 3 aliphatic carbocycles. The predicted molar refractivity (Wildman–Crippen MR) is 124 cm³/mol. The molecular formula is C26H36N2O3S. The molecule has 6 rings (SSSR count). The summed E-state index contributed by atoms with van der Waals surface area (Å²) < 4.78 is 28.6. The summed E-state index contributed by atoms with van der Waals surface area (Å²) >= 11 is 0. The molecule has 1 amide bonds. The average Bonchev–Trinajstić information content (AvgIpc) is 3.47. The molecule has 0 N–H and O–H groups in total. The van der Waals surface area contributed by atoms with Crippen LogP contribution >= 0.6 is 0 Å². The zero-order chi connectivity index (χ0) is 22.5. The van der Waals surface area contributed by atoms with Crippen molar-refractivity contribution in [2.24, 2.45) is 28.1 Å². The van der Waals surface area contributed by atoms with Gasteiger partial charge in [-0.3, -0.25) is 9.69 Å². The van der Waals surface area contributed by atoms with Crippen molar-refractivity contribution < 1.29 is 13.2 Å². The maximum atomic E-state index is 14.3. The third-order valence-corrected chi connectivity index (χ3v) is 12.7. The average molecular weight is 457 g/mol. The summed E-state index contributed by atoms with van der Waals surface area (Å²) in [7, 11) is -3.57. The van der Waals surface area contributed by atoms with E-state index in [1.165, 1.54) is 9.87 Å². The van der Waals surface area contributed by atoms with E-state index in [1.807, 2.05) is 6.07 Å². The monoisotopic (exact) mass is 456 g/mol. The van der Waals surface area contributed by atoms with Gasteiger partial charge in [-0.05, 0) is 61.8 Å². The van der Waals surface area contributed by atoms with Crippen LogP contribution in [0.3, 0.4) is 0 Å². The summed E-state index contributed by atoms with van der Waals surface area (Å²) in [6.45, 7) is 8.30. The molecule has 5 fully saturated rings. The van der Waals surface area contributed by atoms with Crippen LogP contribution in [0.4, 0.5) is 0 Å².